The molecule has 1 amide bonds. The molecule has 0 spiro atoms. The highest BCUT2D eigenvalue weighted by molar-refractivity contribution is 5.67. The van der Waals surface area contributed by atoms with E-state index >= 15 is 0 Å². The number of carbonyl (C=O) groups is 1. The van der Waals surface area contributed by atoms with Crippen LogP contribution in [0.15, 0.2) is 54.6 Å². The molecule has 1 atom stereocenters. The van der Waals surface area contributed by atoms with Crippen LogP contribution in [-0.2, 0) is 11.3 Å². The monoisotopic (exact) mass is 338 g/mol. The Balaban J connectivity index is 1.36. The Kier molecular flexibility index (Phi) is 5.71. The number of carbonyl (C=O) groups excluding carboxylic acids is 1. The molecule has 4 heteroatoms. The molecule has 0 saturated heterocycles. The molecule has 25 heavy (non-hydrogen) atoms. The molecule has 0 unspecified atom stereocenters. The molecule has 0 bridgehead atoms. The zero-order chi connectivity index (χ0) is 17.6. The molecule has 2 aromatic carbocycles. The van der Waals surface area contributed by atoms with Gasteiger partial charge in [-0.05, 0) is 43.4 Å². The number of ether oxygens (including phenoxy) is 1. The van der Waals surface area contributed by atoms with E-state index in [2.05, 4.69) is 48.7 Å². The molecule has 1 aliphatic rings. The highest BCUT2D eigenvalue weighted by Crippen LogP contribution is 2.25. The third-order valence-corrected chi connectivity index (χ3v) is 4.81. The summed E-state index contributed by atoms with van der Waals surface area (Å²) in [5.41, 5.74) is 3.64. The summed E-state index contributed by atoms with van der Waals surface area (Å²) in [5.74, 6) is 0. The zero-order valence-electron chi connectivity index (χ0n) is 14.9. The van der Waals surface area contributed by atoms with E-state index < -0.39 is 0 Å². The van der Waals surface area contributed by atoms with Crippen molar-refractivity contribution in [3.8, 4) is 0 Å². The maximum Gasteiger partial charge on any atom is 0.407 e. The molecule has 2 aromatic rings. The predicted octanol–water partition coefficient (Wildman–Crippen LogP) is 4.10. The van der Waals surface area contributed by atoms with Gasteiger partial charge >= 0.3 is 6.09 Å². The molecule has 1 fully saturated rings. The van der Waals surface area contributed by atoms with Gasteiger partial charge in [-0.1, -0.05) is 54.6 Å². The SMILES string of the molecule is Cc1ccccc1[C@H](C)NC1CC(NC(=O)OCc2ccccc2)C1. The normalized spacial score (nSPS) is 20.4. The Bertz CT molecular complexity index is 696. The number of alkyl carbamates (subject to hydrolysis) is 1. The lowest BCUT2D eigenvalue weighted by molar-refractivity contribution is 0.124. The quantitative estimate of drug-likeness (QED) is 0.833. The van der Waals surface area contributed by atoms with Crippen LogP contribution in [0.3, 0.4) is 0 Å². The summed E-state index contributed by atoms with van der Waals surface area (Å²) in [7, 11) is 0. The number of rotatable bonds is 6. The van der Waals surface area contributed by atoms with E-state index in [9.17, 15) is 4.79 Å². The molecule has 3 rings (SSSR count). The minimum atomic E-state index is -0.334. The van der Waals surface area contributed by atoms with E-state index in [1.807, 2.05) is 30.3 Å². The summed E-state index contributed by atoms with van der Waals surface area (Å²) in [5, 5.41) is 6.58. The van der Waals surface area contributed by atoms with Gasteiger partial charge in [0.1, 0.15) is 6.61 Å². The maximum absolute atomic E-state index is 11.9. The first-order valence-corrected chi connectivity index (χ1v) is 8.90. The first-order chi connectivity index (χ1) is 12.1. The van der Waals surface area contributed by atoms with Crippen LogP contribution < -0.4 is 10.6 Å². The van der Waals surface area contributed by atoms with Crippen LogP contribution in [-0.4, -0.2) is 18.2 Å². The smallest absolute Gasteiger partial charge is 0.407 e. The van der Waals surface area contributed by atoms with Crippen molar-refractivity contribution in [3.05, 3.63) is 71.3 Å². The molecule has 132 valence electrons. The van der Waals surface area contributed by atoms with Crippen LogP contribution in [0.2, 0.25) is 0 Å². The third-order valence-electron chi connectivity index (χ3n) is 4.81. The van der Waals surface area contributed by atoms with Gasteiger partial charge in [0.05, 0.1) is 0 Å². The fourth-order valence-corrected chi connectivity index (χ4v) is 3.32. The van der Waals surface area contributed by atoms with Crippen LogP contribution >= 0.6 is 0 Å². The number of amides is 1. The highest BCUT2D eigenvalue weighted by Gasteiger charge is 2.31. The molecule has 4 nitrogen and oxygen atoms in total. The standard InChI is InChI=1S/C21H26N2O2/c1-15-8-6-7-11-20(15)16(2)22-18-12-19(13-18)23-21(24)25-14-17-9-4-3-5-10-17/h3-11,16,18-19,22H,12-14H2,1-2H3,(H,23,24)/t16-,18?,19?/m0/s1. The summed E-state index contributed by atoms with van der Waals surface area (Å²) in [6.07, 6.45) is 1.55. The molecule has 0 aliphatic heterocycles. The largest absolute Gasteiger partial charge is 0.445 e. The van der Waals surface area contributed by atoms with E-state index in [1.54, 1.807) is 0 Å². The molecule has 0 aromatic heterocycles. The molecule has 0 heterocycles. The average Bonchev–Trinajstić information content (AvgIpc) is 2.59. The van der Waals surface area contributed by atoms with Crippen molar-refractivity contribution in [1.29, 1.82) is 0 Å². The number of hydrogen-bond acceptors (Lipinski definition) is 3. The van der Waals surface area contributed by atoms with Crippen molar-refractivity contribution in [2.75, 3.05) is 0 Å². The Hall–Kier alpha value is -2.33. The second-order valence-electron chi connectivity index (χ2n) is 6.82. The van der Waals surface area contributed by atoms with Crippen molar-refractivity contribution in [3.63, 3.8) is 0 Å². The Labute approximate surface area is 149 Å². The zero-order valence-corrected chi connectivity index (χ0v) is 14.9. The van der Waals surface area contributed by atoms with Gasteiger partial charge < -0.3 is 15.4 Å². The van der Waals surface area contributed by atoms with Gasteiger partial charge in [0, 0.05) is 18.1 Å². The molecule has 2 N–H and O–H groups in total. The van der Waals surface area contributed by atoms with E-state index in [1.165, 1.54) is 11.1 Å². The van der Waals surface area contributed by atoms with Crippen LogP contribution in [0.4, 0.5) is 4.79 Å². The Morgan fingerprint density at radius 1 is 1.08 bits per heavy atom. The minimum absolute atomic E-state index is 0.199. The van der Waals surface area contributed by atoms with Gasteiger partial charge in [-0.2, -0.15) is 0 Å². The fourth-order valence-electron chi connectivity index (χ4n) is 3.32. The summed E-state index contributed by atoms with van der Waals surface area (Å²) >= 11 is 0. The predicted molar refractivity (Wildman–Crippen MR) is 99.3 cm³/mol. The van der Waals surface area contributed by atoms with Gasteiger partial charge in [-0.3, -0.25) is 0 Å². The second-order valence-corrected chi connectivity index (χ2v) is 6.82. The van der Waals surface area contributed by atoms with E-state index in [4.69, 9.17) is 4.74 Å². The first-order valence-electron chi connectivity index (χ1n) is 8.90. The van der Waals surface area contributed by atoms with Gasteiger partial charge in [-0.15, -0.1) is 0 Å². The van der Waals surface area contributed by atoms with Crippen molar-refractivity contribution in [2.45, 2.75) is 51.4 Å². The van der Waals surface area contributed by atoms with Crippen molar-refractivity contribution in [2.24, 2.45) is 0 Å². The van der Waals surface area contributed by atoms with Crippen molar-refractivity contribution >= 4 is 6.09 Å². The van der Waals surface area contributed by atoms with E-state index in [0.717, 1.165) is 18.4 Å². The van der Waals surface area contributed by atoms with Crippen molar-refractivity contribution < 1.29 is 9.53 Å². The molecule has 1 aliphatic carbocycles. The maximum atomic E-state index is 11.9. The lowest BCUT2D eigenvalue weighted by Crippen LogP contribution is -2.52. The van der Waals surface area contributed by atoms with E-state index in [-0.39, 0.29) is 12.1 Å². The van der Waals surface area contributed by atoms with Gasteiger partial charge in [0.25, 0.3) is 0 Å². The van der Waals surface area contributed by atoms with Crippen LogP contribution in [0, 0.1) is 6.92 Å². The topological polar surface area (TPSA) is 50.4 Å². The Morgan fingerprint density at radius 3 is 2.48 bits per heavy atom. The highest BCUT2D eigenvalue weighted by atomic mass is 16.5. The van der Waals surface area contributed by atoms with Crippen LogP contribution in [0.25, 0.3) is 0 Å². The van der Waals surface area contributed by atoms with Crippen LogP contribution in [0.5, 0.6) is 0 Å². The average molecular weight is 338 g/mol. The minimum Gasteiger partial charge on any atom is -0.445 e. The van der Waals surface area contributed by atoms with Crippen molar-refractivity contribution in [1.82, 2.24) is 10.6 Å². The molecular weight excluding hydrogens is 312 g/mol. The number of nitrogens with one attached hydrogen (secondary N) is 2. The molecule has 0 radical (unpaired) electrons. The lowest BCUT2D eigenvalue weighted by atomic mass is 9.85. The number of benzene rings is 2. The molecule has 1 saturated carbocycles. The van der Waals surface area contributed by atoms with Crippen LogP contribution in [0.1, 0.15) is 42.5 Å². The summed E-state index contributed by atoms with van der Waals surface area (Å²) in [6, 6.07) is 19.1. The second kappa shape index (κ2) is 8.17. The van der Waals surface area contributed by atoms with Gasteiger partial charge in [0.15, 0.2) is 0 Å². The van der Waals surface area contributed by atoms with Gasteiger partial charge in [0.2, 0.25) is 0 Å². The third kappa shape index (κ3) is 4.83. The van der Waals surface area contributed by atoms with E-state index in [0.29, 0.717) is 18.7 Å². The number of hydrogen-bond donors (Lipinski definition) is 2. The summed E-state index contributed by atoms with van der Waals surface area (Å²) in [6.45, 7) is 4.64. The molecular formula is C21H26N2O2. The summed E-state index contributed by atoms with van der Waals surface area (Å²) in [4.78, 5) is 11.9. The lowest BCUT2D eigenvalue weighted by Gasteiger charge is -2.38. The fraction of sp³-hybridized carbons (Fsp3) is 0.381. The first kappa shape index (κ1) is 17.5. The van der Waals surface area contributed by atoms with Gasteiger partial charge in [-0.25, -0.2) is 4.79 Å². The Morgan fingerprint density at radius 2 is 1.76 bits per heavy atom. The number of aryl methyl sites for hydroxylation is 1. The summed E-state index contributed by atoms with van der Waals surface area (Å²) < 4.78 is 5.27.